The van der Waals surface area contributed by atoms with Crippen LogP contribution in [0.5, 0.6) is 0 Å². The van der Waals surface area contributed by atoms with Gasteiger partial charge in [-0.15, -0.1) is 0 Å². The second-order valence-electron chi connectivity index (χ2n) is 7.41. The first-order valence-electron chi connectivity index (χ1n) is 9.37. The molecule has 0 aliphatic heterocycles. The van der Waals surface area contributed by atoms with Gasteiger partial charge in [0, 0.05) is 38.2 Å². The van der Waals surface area contributed by atoms with E-state index in [1.54, 1.807) is 0 Å². The van der Waals surface area contributed by atoms with Gasteiger partial charge in [0.2, 0.25) is 0 Å². The molecule has 2 heteroatoms. The van der Waals surface area contributed by atoms with E-state index in [4.69, 9.17) is 4.42 Å². The molecule has 1 heterocycles. The molecule has 0 unspecified atom stereocenters. The number of aryl methyl sites for hydroxylation is 2. The van der Waals surface area contributed by atoms with Gasteiger partial charge in [-0.25, -0.2) is 0 Å². The van der Waals surface area contributed by atoms with Crippen LogP contribution in [0, 0.1) is 27.2 Å². The largest absolute Gasteiger partial charge is 0.462 e. The summed E-state index contributed by atoms with van der Waals surface area (Å²) in [7, 11) is 0. The minimum Gasteiger partial charge on any atom is -0.462 e. The number of rotatable bonds is 2. The van der Waals surface area contributed by atoms with Crippen LogP contribution in [-0.2, 0) is 26.2 Å². The van der Waals surface area contributed by atoms with Crippen LogP contribution in [0.1, 0.15) is 33.8 Å². The summed E-state index contributed by atoms with van der Waals surface area (Å²) in [4.78, 5) is 0. The van der Waals surface area contributed by atoms with Crippen LogP contribution in [0.15, 0.2) is 65.1 Å². The van der Waals surface area contributed by atoms with Gasteiger partial charge in [-0.2, -0.15) is 0 Å². The number of furan rings is 1. The van der Waals surface area contributed by atoms with E-state index in [1.165, 1.54) is 44.2 Å². The van der Waals surface area contributed by atoms with Gasteiger partial charge < -0.3 is 4.42 Å². The molecule has 0 atom stereocenters. The first kappa shape index (κ1) is 19.2. The molecular weight excluding hydrogens is 420 g/mol. The summed E-state index contributed by atoms with van der Waals surface area (Å²) in [5.41, 5.74) is 8.95. The maximum atomic E-state index is 5.86. The Balaban J connectivity index is 0.00000192. The quantitative estimate of drug-likeness (QED) is 0.323. The minimum atomic E-state index is 0. The fourth-order valence-electron chi connectivity index (χ4n) is 4.05. The fraction of sp³-hybridized carbons (Fsp3) is 0.115. The molecule has 1 radical (unpaired) electrons. The first-order chi connectivity index (χ1) is 13.1. The molecule has 28 heavy (non-hydrogen) atoms. The van der Waals surface area contributed by atoms with Crippen LogP contribution < -0.4 is 0 Å². The summed E-state index contributed by atoms with van der Waals surface area (Å²) < 4.78 is 5.86. The van der Waals surface area contributed by atoms with E-state index in [1.807, 2.05) is 13.0 Å². The number of benzene rings is 3. The van der Waals surface area contributed by atoms with Crippen LogP contribution in [0.4, 0.5) is 0 Å². The Kier molecular flexibility index (Phi) is 5.02. The predicted molar refractivity (Wildman–Crippen MR) is 114 cm³/mol. The van der Waals surface area contributed by atoms with Crippen molar-refractivity contribution in [2.45, 2.75) is 20.8 Å². The Labute approximate surface area is 185 Å². The molecule has 1 nitrogen and oxygen atoms in total. The third kappa shape index (κ3) is 3.14. The van der Waals surface area contributed by atoms with Crippen LogP contribution in [-0.4, -0.2) is 0 Å². The topological polar surface area (TPSA) is 13.1 Å². The number of hydrogen-bond donors (Lipinski definition) is 0. The van der Waals surface area contributed by atoms with Crippen molar-refractivity contribution in [2.24, 2.45) is 0 Å². The Morgan fingerprint density at radius 1 is 0.786 bits per heavy atom. The maximum Gasteiger partial charge on any atom is 0.130 e. The molecule has 1 aliphatic rings. The molecule has 0 amide bonds. The van der Waals surface area contributed by atoms with Crippen molar-refractivity contribution in [3.8, 4) is 11.1 Å². The van der Waals surface area contributed by atoms with Crippen LogP contribution >= 0.6 is 0 Å². The van der Waals surface area contributed by atoms with E-state index in [0.717, 1.165) is 17.1 Å². The first-order valence-corrected chi connectivity index (χ1v) is 9.37. The maximum absolute atomic E-state index is 5.86. The van der Waals surface area contributed by atoms with Gasteiger partial charge in [0.15, 0.2) is 0 Å². The Bertz CT molecular complexity index is 1230. The molecule has 0 spiro atoms. The number of fused-ring (bicyclic) bond motifs is 2. The molecule has 1 aromatic heterocycles. The van der Waals surface area contributed by atoms with Crippen molar-refractivity contribution >= 4 is 22.4 Å². The summed E-state index contributed by atoms with van der Waals surface area (Å²) in [5.74, 6) is 1.88. The van der Waals surface area contributed by atoms with Gasteiger partial charge in [0.1, 0.15) is 11.5 Å². The average Bonchev–Trinajstić information content (AvgIpc) is 3.28. The summed E-state index contributed by atoms with van der Waals surface area (Å²) in [6.07, 6.45) is 4.51. The van der Waals surface area contributed by atoms with Crippen molar-refractivity contribution < 1.29 is 30.6 Å². The molecule has 0 N–H and O–H groups in total. The monoisotopic (exact) mass is 439 g/mol. The molecule has 0 saturated carbocycles. The molecule has 0 fully saturated rings. The molecule has 4 aromatic rings. The van der Waals surface area contributed by atoms with Crippen LogP contribution in [0.3, 0.4) is 0 Å². The Morgan fingerprint density at radius 3 is 2.32 bits per heavy atom. The molecule has 3 aromatic carbocycles. The van der Waals surface area contributed by atoms with Crippen molar-refractivity contribution in [3.63, 3.8) is 0 Å². The van der Waals surface area contributed by atoms with Gasteiger partial charge >= 0.3 is 0 Å². The van der Waals surface area contributed by atoms with E-state index in [9.17, 15) is 0 Å². The zero-order valence-electron chi connectivity index (χ0n) is 16.3. The van der Waals surface area contributed by atoms with Gasteiger partial charge in [0.05, 0.1) is 0 Å². The van der Waals surface area contributed by atoms with E-state index in [0.29, 0.717) is 0 Å². The Morgan fingerprint density at radius 2 is 1.57 bits per heavy atom. The van der Waals surface area contributed by atoms with Crippen molar-refractivity contribution in [3.05, 3.63) is 101 Å². The van der Waals surface area contributed by atoms with E-state index in [-0.39, 0.29) is 26.2 Å². The number of allylic oxidation sites excluding steroid dienone is 1. The SMILES string of the molecule is Cc1ccc(C2=Cc3c(cc(C)c(C)c3-c3ccc4ccccc4c3)[CH]2)o1.[Zr]. The second-order valence-corrected chi connectivity index (χ2v) is 7.41. The third-order valence-corrected chi connectivity index (χ3v) is 5.59. The molecular formula is C26H21OZr. The van der Waals surface area contributed by atoms with Crippen molar-refractivity contribution in [1.82, 2.24) is 0 Å². The third-order valence-electron chi connectivity index (χ3n) is 5.59. The molecule has 135 valence electrons. The molecule has 0 saturated heterocycles. The van der Waals surface area contributed by atoms with Crippen LogP contribution in [0.2, 0.25) is 0 Å². The van der Waals surface area contributed by atoms with Crippen molar-refractivity contribution in [2.75, 3.05) is 0 Å². The molecule has 1 aliphatic carbocycles. The summed E-state index contributed by atoms with van der Waals surface area (Å²) in [5, 5.41) is 2.55. The van der Waals surface area contributed by atoms with E-state index >= 15 is 0 Å². The van der Waals surface area contributed by atoms with Gasteiger partial charge in [-0.3, -0.25) is 0 Å². The smallest absolute Gasteiger partial charge is 0.130 e. The minimum absolute atomic E-state index is 0. The zero-order chi connectivity index (χ0) is 18.5. The van der Waals surface area contributed by atoms with Crippen molar-refractivity contribution in [1.29, 1.82) is 0 Å². The van der Waals surface area contributed by atoms with E-state index < -0.39 is 0 Å². The summed E-state index contributed by atoms with van der Waals surface area (Å²) >= 11 is 0. The summed E-state index contributed by atoms with van der Waals surface area (Å²) in [6.45, 7) is 6.41. The second kappa shape index (κ2) is 7.34. The normalized spacial score (nSPS) is 12.6. The predicted octanol–water partition coefficient (Wildman–Crippen LogP) is 7.13. The standard InChI is InChI=1S/C26H21O.Zr/c1-16-12-22-14-23(25-11-8-17(2)27-25)15-24(22)26(18(16)3)21-10-9-19-6-4-5-7-20(19)13-21;/h4-15H,1-3H3;. The number of hydrogen-bond acceptors (Lipinski definition) is 1. The zero-order valence-corrected chi connectivity index (χ0v) is 18.8. The molecule has 0 bridgehead atoms. The van der Waals surface area contributed by atoms with Crippen LogP contribution in [0.25, 0.3) is 33.5 Å². The summed E-state index contributed by atoms with van der Waals surface area (Å²) in [6, 6.07) is 21.7. The van der Waals surface area contributed by atoms with E-state index in [2.05, 4.69) is 80.9 Å². The Hall–Kier alpha value is -2.18. The van der Waals surface area contributed by atoms with Gasteiger partial charge in [-0.05, 0) is 89.2 Å². The average molecular weight is 441 g/mol. The molecule has 5 rings (SSSR count). The van der Waals surface area contributed by atoms with Gasteiger partial charge in [0.25, 0.3) is 0 Å². The van der Waals surface area contributed by atoms with Gasteiger partial charge in [-0.1, -0.05) is 42.5 Å². The fourth-order valence-corrected chi connectivity index (χ4v) is 4.05.